The van der Waals surface area contributed by atoms with Crippen molar-refractivity contribution in [2.24, 2.45) is 0 Å². The minimum Gasteiger partial charge on any atom is -0.495 e. The maximum absolute atomic E-state index is 13.6. The van der Waals surface area contributed by atoms with E-state index in [-0.39, 0.29) is 22.9 Å². The zero-order valence-electron chi connectivity index (χ0n) is 20.7. The normalized spacial score (nSPS) is 15.2. The second-order valence-electron chi connectivity index (χ2n) is 8.74. The smallest absolute Gasteiger partial charge is 0.243 e. The van der Waals surface area contributed by atoms with E-state index in [0.29, 0.717) is 37.5 Å². The summed E-state index contributed by atoms with van der Waals surface area (Å²) in [5.41, 5.74) is 1.62. The predicted octanol–water partition coefficient (Wildman–Crippen LogP) is 3.21. The minimum absolute atomic E-state index is 0.0924. The highest BCUT2D eigenvalue weighted by Crippen LogP contribution is 2.33. The van der Waals surface area contributed by atoms with E-state index in [1.165, 1.54) is 40.0 Å². The quantitative estimate of drug-likeness (QED) is 0.409. The molecule has 1 saturated heterocycles. The monoisotopic (exact) mass is 547 g/mol. The Kier molecular flexibility index (Phi) is 8.17. The van der Waals surface area contributed by atoms with Crippen LogP contribution in [0.1, 0.15) is 5.56 Å². The van der Waals surface area contributed by atoms with E-state index in [1.807, 2.05) is 35.2 Å². The second kappa shape index (κ2) is 11.2. The van der Waals surface area contributed by atoms with Crippen LogP contribution < -0.4 is 9.64 Å². The number of methoxy groups -OCH3 is 1. The fraction of sp³-hybridized carbons (Fsp3) is 0.308. The number of anilines is 1. The van der Waals surface area contributed by atoms with Crippen LogP contribution >= 0.6 is 0 Å². The summed E-state index contributed by atoms with van der Waals surface area (Å²) >= 11 is 0. The number of hydrogen-bond donors (Lipinski definition) is 0. The molecule has 0 spiro atoms. The average Bonchev–Trinajstić information content (AvgIpc) is 2.92. The van der Waals surface area contributed by atoms with Crippen molar-refractivity contribution in [3.05, 3.63) is 84.2 Å². The fourth-order valence-corrected chi connectivity index (χ4v) is 6.90. The summed E-state index contributed by atoms with van der Waals surface area (Å²) in [7, 11) is -4.55. The van der Waals surface area contributed by atoms with Crippen LogP contribution in [-0.4, -0.2) is 72.3 Å². The highest BCUT2D eigenvalue weighted by atomic mass is 32.2. The lowest BCUT2D eigenvalue weighted by Gasteiger charge is -2.36. The molecule has 0 N–H and O–H groups in total. The first-order chi connectivity index (χ1) is 17.6. The Morgan fingerprint density at radius 2 is 1.57 bits per heavy atom. The molecule has 198 valence electrons. The molecule has 4 rings (SSSR count). The number of piperazine rings is 1. The molecule has 37 heavy (non-hydrogen) atoms. The van der Waals surface area contributed by atoms with E-state index in [0.717, 1.165) is 11.6 Å². The van der Waals surface area contributed by atoms with Crippen molar-refractivity contribution in [2.45, 2.75) is 16.2 Å². The van der Waals surface area contributed by atoms with Crippen molar-refractivity contribution in [2.75, 3.05) is 51.8 Å². The van der Waals surface area contributed by atoms with Crippen LogP contribution in [0.2, 0.25) is 0 Å². The van der Waals surface area contributed by atoms with Gasteiger partial charge in [-0.25, -0.2) is 25.5 Å². The zero-order chi connectivity index (χ0) is 26.6. The Balaban J connectivity index is 1.50. The maximum atomic E-state index is 13.6. The molecule has 3 aromatic carbocycles. The van der Waals surface area contributed by atoms with Crippen molar-refractivity contribution in [1.82, 2.24) is 8.61 Å². The molecular formula is C26H30FN3O5S2. The summed E-state index contributed by atoms with van der Waals surface area (Å²) in [6.45, 7) is 1.28. The molecule has 0 saturated carbocycles. The summed E-state index contributed by atoms with van der Waals surface area (Å²) in [6.07, 6.45) is 0.585. The zero-order valence-corrected chi connectivity index (χ0v) is 22.4. The molecule has 0 bridgehead atoms. The molecule has 0 aliphatic carbocycles. The van der Waals surface area contributed by atoms with E-state index in [9.17, 15) is 21.2 Å². The van der Waals surface area contributed by atoms with Crippen LogP contribution in [0.5, 0.6) is 5.75 Å². The van der Waals surface area contributed by atoms with Crippen LogP contribution in [0.25, 0.3) is 0 Å². The Morgan fingerprint density at radius 1 is 0.865 bits per heavy atom. The lowest BCUT2D eigenvalue weighted by atomic mass is 10.2. The second-order valence-corrected chi connectivity index (χ2v) is 12.7. The number of rotatable bonds is 9. The molecule has 1 heterocycles. The third-order valence-electron chi connectivity index (χ3n) is 6.43. The number of nitrogens with zero attached hydrogens (tertiary/aromatic N) is 3. The third kappa shape index (κ3) is 5.96. The molecule has 0 aromatic heterocycles. The summed E-state index contributed by atoms with van der Waals surface area (Å²) in [5.74, 6) is -0.122. The van der Waals surface area contributed by atoms with E-state index < -0.39 is 25.9 Å². The standard InChI is InChI=1S/C26H30FN3O5S2/c1-28(14-13-21-7-4-3-5-8-21)36(31,32)24-11-12-26(35-2)25(20-24)29-15-17-30(18-16-29)37(33,34)23-10-6-9-22(27)19-23/h3-12,19-20H,13-18H2,1-2H3. The van der Waals surface area contributed by atoms with Gasteiger partial charge in [-0.05, 0) is 48.4 Å². The number of benzene rings is 3. The van der Waals surface area contributed by atoms with Gasteiger partial charge in [0.25, 0.3) is 0 Å². The first kappa shape index (κ1) is 27.1. The third-order valence-corrected chi connectivity index (χ3v) is 10.2. The van der Waals surface area contributed by atoms with Gasteiger partial charge in [-0.3, -0.25) is 0 Å². The lowest BCUT2D eigenvalue weighted by Crippen LogP contribution is -2.48. The van der Waals surface area contributed by atoms with Crippen LogP contribution in [0.3, 0.4) is 0 Å². The number of hydrogen-bond acceptors (Lipinski definition) is 6. The molecule has 0 amide bonds. The van der Waals surface area contributed by atoms with Crippen LogP contribution in [0, 0.1) is 5.82 Å². The van der Waals surface area contributed by atoms with Gasteiger partial charge in [0.2, 0.25) is 20.0 Å². The lowest BCUT2D eigenvalue weighted by molar-refractivity contribution is 0.378. The molecule has 3 aromatic rings. The molecule has 1 fully saturated rings. The number of sulfonamides is 2. The van der Waals surface area contributed by atoms with Gasteiger partial charge >= 0.3 is 0 Å². The predicted molar refractivity (Wildman–Crippen MR) is 140 cm³/mol. The van der Waals surface area contributed by atoms with E-state index in [2.05, 4.69) is 0 Å². The van der Waals surface area contributed by atoms with Gasteiger partial charge in [0.15, 0.2) is 0 Å². The summed E-state index contributed by atoms with van der Waals surface area (Å²) in [5, 5.41) is 0. The molecule has 1 aliphatic heterocycles. The Labute approximate surface area is 218 Å². The van der Waals surface area contributed by atoms with E-state index in [1.54, 1.807) is 19.2 Å². The number of likely N-dealkylation sites (N-methyl/N-ethyl adjacent to an activating group) is 1. The molecule has 11 heteroatoms. The molecule has 0 radical (unpaired) electrons. The van der Waals surface area contributed by atoms with Crippen molar-refractivity contribution in [3.63, 3.8) is 0 Å². The van der Waals surface area contributed by atoms with E-state index in [4.69, 9.17) is 4.74 Å². The van der Waals surface area contributed by atoms with Crippen molar-refractivity contribution >= 4 is 25.7 Å². The van der Waals surface area contributed by atoms with Gasteiger partial charge in [-0.2, -0.15) is 4.31 Å². The van der Waals surface area contributed by atoms with Crippen LogP contribution in [0.15, 0.2) is 82.6 Å². The molecule has 8 nitrogen and oxygen atoms in total. The summed E-state index contributed by atoms with van der Waals surface area (Å²) in [4.78, 5) is 1.94. The summed E-state index contributed by atoms with van der Waals surface area (Å²) in [6, 6.07) is 19.3. The van der Waals surface area contributed by atoms with Gasteiger partial charge in [-0.1, -0.05) is 36.4 Å². The molecule has 0 atom stereocenters. The number of halogens is 1. The van der Waals surface area contributed by atoms with Crippen molar-refractivity contribution < 1.29 is 26.0 Å². The topological polar surface area (TPSA) is 87.2 Å². The van der Waals surface area contributed by atoms with Gasteiger partial charge in [-0.15, -0.1) is 0 Å². The van der Waals surface area contributed by atoms with Gasteiger partial charge in [0, 0.05) is 39.8 Å². The minimum atomic E-state index is -3.84. The molecule has 1 aliphatic rings. The van der Waals surface area contributed by atoms with Crippen molar-refractivity contribution in [3.8, 4) is 5.75 Å². The van der Waals surface area contributed by atoms with Crippen LogP contribution in [0.4, 0.5) is 10.1 Å². The highest BCUT2D eigenvalue weighted by Gasteiger charge is 2.30. The number of ether oxygens (including phenoxy) is 1. The Hall–Kier alpha value is -2.99. The highest BCUT2D eigenvalue weighted by molar-refractivity contribution is 7.89. The first-order valence-electron chi connectivity index (χ1n) is 11.8. The van der Waals surface area contributed by atoms with Crippen LogP contribution in [-0.2, 0) is 26.5 Å². The largest absolute Gasteiger partial charge is 0.495 e. The molecular weight excluding hydrogens is 517 g/mol. The van der Waals surface area contributed by atoms with Gasteiger partial charge < -0.3 is 9.64 Å². The average molecular weight is 548 g/mol. The fourth-order valence-electron chi connectivity index (χ4n) is 4.25. The van der Waals surface area contributed by atoms with Gasteiger partial charge in [0.05, 0.1) is 22.6 Å². The Bertz CT molecular complexity index is 1440. The van der Waals surface area contributed by atoms with Crippen molar-refractivity contribution in [1.29, 1.82) is 0 Å². The van der Waals surface area contributed by atoms with Gasteiger partial charge in [0.1, 0.15) is 11.6 Å². The molecule has 0 unspecified atom stereocenters. The summed E-state index contributed by atoms with van der Waals surface area (Å²) < 4.78 is 74.3. The van der Waals surface area contributed by atoms with E-state index >= 15 is 0 Å². The Morgan fingerprint density at radius 3 is 2.22 bits per heavy atom. The SMILES string of the molecule is COc1ccc(S(=O)(=O)N(C)CCc2ccccc2)cc1N1CCN(S(=O)(=O)c2cccc(F)c2)CC1. The maximum Gasteiger partial charge on any atom is 0.243 e. The first-order valence-corrected chi connectivity index (χ1v) is 14.7.